The van der Waals surface area contributed by atoms with Crippen molar-refractivity contribution in [3.63, 3.8) is 0 Å². The molecule has 0 aliphatic carbocycles. The first-order valence-electron chi connectivity index (χ1n) is 12.2. The maximum Gasteiger partial charge on any atom is 0.322 e. The van der Waals surface area contributed by atoms with Crippen LogP contribution in [0.3, 0.4) is 0 Å². The lowest BCUT2D eigenvalue weighted by Gasteiger charge is -2.32. The van der Waals surface area contributed by atoms with Crippen LogP contribution in [0, 0.1) is 19.8 Å². The van der Waals surface area contributed by atoms with Crippen molar-refractivity contribution in [2.24, 2.45) is 5.92 Å². The van der Waals surface area contributed by atoms with Gasteiger partial charge in [-0.05, 0) is 67.5 Å². The summed E-state index contributed by atoms with van der Waals surface area (Å²) >= 11 is 0. The fraction of sp³-hybridized carbons (Fsp3) is 0.407. The molecule has 2 aromatic carbocycles. The van der Waals surface area contributed by atoms with Gasteiger partial charge in [-0.1, -0.05) is 32.0 Å². The van der Waals surface area contributed by atoms with Crippen LogP contribution in [0.15, 0.2) is 36.4 Å². The summed E-state index contributed by atoms with van der Waals surface area (Å²) in [5.41, 5.74) is 4.74. The molecule has 0 spiro atoms. The fourth-order valence-corrected chi connectivity index (χ4v) is 5.69. The van der Waals surface area contributed by atoms with Crippen molar-refractivity contribution in [2.75, 3.05) is 13.1 Å². The maximum atomic E-state index is 13.2. The number of fused-ring (bicyclic) bond motifs is 1. The molecule has 1 unspecified atom stereocenters. The van der Waals surface area contributed by atoms with Gasteiger partial charge in [0.2, 0.25) is 0 Å². The SMILES string of the molecule is Cc1cc(C)c2c(C3CCN(C(=O)c4ccc(C5(C(C)C)NC(=O)NC5=O)cc4)CC3)n[nH]c2c1. The molecular weight excluding hydrogens is 442 g/mol. The van der Waals surface area contributed by atoms with Gasteiger partial charge < -0.3 is 10.2 Å². The van der Waals surface area contributed by atoms with E-state index < -0.39 is 11.6 Å². The van der Waals surface area contributed by atoms with Crippen LogP contribution in [0.25, 0.3) is 10.9 Å². The second-order valence-corrected chi connectivity index (χ2v) is 10.1. The number of amides is 4. The monoisotopic (exact) mass is 473 g/mol. The number of H-pyrrole nitrogens is 1. The van der Waals surface area contributed by atoms with Crippen molar-refractivity contribution in [3.05, 3.63) is 64.3 Å². The second kappa shape index (κ2) is 8.52. The number of carbonyl (C=O) groups is 3. The highest BCUT2D eigenvalue weighted by molar-refractivity contribution is 6.07. The van der Waals surface area contributed by atoms with Gasteiger partial charge in [0, 0.05) is 30.0 Å². The van der Waals surface area contributed by atoms with Crippen LogP contribution in [0.4, 0.5) is 4.79 Å². The summed E-state index contributed by atoms with van der Waals surface area (Å²) in [5.74, 6) is -0.227. The number of carbonyl (C=O) groups excluding carboxylic acids is 3. The van der Waals surface area contributed by atoms with Crippen LogP contribution < -0.4 is 10.6 Å². The molecule has 5 rings (SSSR count). The van der Waals surface area contributed by atoms with Crippen LogP contribution in [0.2, 0.25) is 0 Å². The standard InChI is InChI=1S/C27H31N5O3/c1-15(2)27(25(34)28-26(35)29-27)20-7-5-19(6-8-20)24(33)32-11-9-18(10-12-32)23-22-17(4)13-16(3)14-21(22)30-31-23/h5-8,13-15,18H,9-12H2,1-4H3,(H,30,31)(H2,28,29,34,35). The van der Waals surface area contributed by atoms with Crippen molar-refractivity contribution in [3.8, 4) is 0 Å². The minimum absolute atomic E-state index is 0.0211. The number of likely N-dealkylation sites (tertiary alicyclic amines) is 1. The summed E-state index contributed by atoms with van der Waals surface area (Å²) in [5, 5.41) is 14.1. The Bertz CT molecular complexity index is 1320. The summed E-state index contributed by atoms with van der Waals surface area (Å²) in [6, 6.07) is 10.9. The molecular formula is C27H31N5O3. The lowest BCUT2D eigenvalue weighted by atomic mass is 9.79. The van der Waals surface area contributed by atoms with Crippen LogP contribution >= 0.6 is 0 Å². The molecule has 35 heavy (non-hydrogen) atoms. The number of urea groups is 1. The number of aryl methyl sites for hydroxylation is 2. The van der Waals surface area contributed by atoms with E-state index in [0.717, 1.165) is 24.1 Å². The lowest BCUT2D eigenvalue weighted by molar-refractivity contribution is -0.125. The normalized spacial score (nSPS) is 21.0. The highest BCUT2D eigenvalue weighted by Crippen LogP contribution is 2.35. The Balaban J connectivity index is 1.30. The smallest absolute Gasteiger partial charge is 0.322 e. The average molecular weight is 474 g/mol. The van der Waals surface area contributed by atoms with Crippen LogP contribution in [-0.4, -0.2) is 46.0 Å². The predicted molar refractivity (Wildman–Crippen MR) is 133 cm³/mol. The molecule has 2 saturated heterocycles. The number of hydrogen-bond donors (Lipinski definition) is 3. The Hall–Kier alpha value is -3.68. The maximum absolute atomic E-state index is 13.2. The molecule has 3 aromatic rings. The van der Waals surface area contributed by atoms with Crippen LogP contribution in [0.1, 0.15) is 65.3 Å². The summed E-state index contributed by atoms with van der Waals surface area (Å²) in [7, 11) is 0. The summed E-state index contributed by atoms with van der Waals surface area (Å²) in [6.07, 6.45) is 1.72. The Morgan fingerprint density at radius 1 is 1.09 bits per heavy atom. The van der Waals surface area contributed by atoms with Gasteiger partial charge >= 0.3 is 6.03 Å². The van der Waals surface area contributed by atoms with Gasteiger partial charge in [0.15, 0.2) is 0 Å². The van der Waals surface area contributed by atoms with E-state index in [4.69, 9.17) is 0 Å². The Kier molecular flexibility index (Phi) is 5.62. The van der Waals surface area contributed by atoms with E-state index in [0.29, 0.717) is 30.1 Å². The molecule has 8 nitrogen and oxygen atoms in total. The Morgan fingerprint density at radius 3 is 2.37 bits per heavy atom. The van der Waals surface area contributed by atoms with Gasteiger partial charge in [0.25, 0.3) is 11.8 Å². The second-order valence-electron chi connectivity index (χ2n) is 10.1. The quantitative estimate of drug-likeness (QED) is 0.500. The summed E-state index contributed by atoms with van der Waals surface area (Å²) < 4.78 is 0. The Labute approximate surface area is 204 Å². The van der Waals surface area contributed by atoms with Gasteiger partial charge in [-0.15, -0.1) is 0 Å². The minimum Gasteiger partial charge on any atom is -0.339 e. The van der Waals surface area contributed by atoms with E-state index in [1.54, 1.807) is 24.3 Å². The zero-order valence-corrected chi connectivity index (χ0v) is 20.6. The van der Waals surface area contributed by atoms with E-state index in [1.807, 2.05) is 18.7 Å². The molecule has 8 heteroatoms. The van der Waals surface area contributed by atoms with Gasteiger partial charge in [0.05, 0.1) is 11.2 Å². The summed E-state index contributed by atoms with van der Waals surface area (Å²) in [4.78, 5) is 39.5. The highest BCUT2D eigenvalue weighted by atomic mass is 16.2. The third kappa shape index (κ3) is 3.77. The van der Waals surface area contributed by atoms with Gasteiger partial charge in [-0.2, -0.15) is 5.10 Å². The number of aromatic amines is 1. The van der Waals surface area contributed by atoms with Crippen molar-refractivity contribution >= 4 is 28.7 Å². The van der Waals surface area contributed by atoms with Crippen molar-refractivity contribution < 1.29 is 14.4 Å². The molecule has 3 heterocycles. The van der Waals surface area contributed by atoms with Gasteiger partial charge in [-0.25, -0.2) is 4.79 Å². The number of imide groups is 1. The highest BCUT2D eigenvalue weighted by Gasteiger charge is 2.50. The molecule has 1 atom stereocenters. The molecule has 0 bridgehead atoms. The van der Waals surface area contributed by atoms with E-state index in [-0.39, 0.29) is 17.7 Å². The number of nitrogens with zero attached hydrogens (tertiary/aromatic N) is 2. The van der Waals surface area contributed by atoms with E-state index in [1.165, 1.54) is 16.5 Å². The zero-order valence-electron chi connectivity index (χ0n) is 20.6. The van der Waals surface area contributed by atoms with Crippen LogP contribution in [-0.2, 0) is 10.3 Å². The molecule has 1 aromatic heterocycles. The topological polar surface area (TPSA) is 107 Å². The van der Waals surface area contributed by atoms with E-state index in [2.05, 4.69) is 46.8 Å². The molecule has 2 aliphatic rings. The number of benzene rings is 2. The third-order valence-electron chi connectivity index (χ3n) is 7.55. The molecule has 182 valence electrons. The van der Waals surface area contributed by atoms with Crippen LogP contribution in [0.5, 0.6) is 0 Å². The number of piperidine rings is 1. The Morgan fingerprint density at radius 2 is 1.77 bits per heavy atom. The van der Waals surface area contributed by atoms with Crippen molar-refractivity contribution in [2.45, 2.75) is 52.0 Å². The summed E-state index contributed by atoms with van der Waals surface area (Å²) in [6.45, 7) is 9.32. The fourth-order valence-electron chi connectivity index (χ4n) is 5.69. The average Bonchev–Trinajstić information content (AvgIpc) is 3.39. The largest absolute Gasteiger partial charge is 0.339 e. The first-order chi connectivity index (χ1) is 16.7. The first-order valence-corrected chi connectivity index (χ1v) is 12.2. The van der Waals surface area contributed by atoms with Crippen molar-refractivity contribution in [1.82, 2.24) is 25.7 Å². The molecule has 0 radical (unpaired) electrons. The van der Waals surface area contributed by atoms with E-state index >= 15 is 0 Å². The number of nitrogens with one attached hydrogen (secondary N) is 3. The number of rotatable bonds is 4. The van der Waals surface area contributed by atoms with Gasteiger partial charge in [-0.3, -0.25) is 20.0 Å². The molecule has 3 N–H and O–H groups in total. The molecule has 0 saturated carbocycles. The molecule has 2 fully saturated rings. The predicted octanol–water partition coefficient (Wildman–Crippen LogP) is 3.89. The first kappa shape index (κ1) is 23.1. The number of hydrogen-bond acceptors (Lipinski definition) is 4. The molecule has 2 aliphatic heterocycles. The number of aromatic nitrogens is 2. The molecule has 4 amide bonds. The van der Waals surface area contributed by atoms with Crippen molar-refractivity contribution in [1.29, 1.82) is 0 Å². The van der Waals surface area contributed by atoms with E-state index in [9.17, 15) is 14.4 Å². The zero-order chi connectivity index (χ0) is 24.9. The third-order valence-corrected chi connectivity index (χ3v) is 7.55. The van der Waals surface area contributed by atoms with Gasteiger partial charge in [0.1, 0.15) is 5.54 Å². The minimum atomic E-state index is -1.12. The lowest BCUT2D eigenvalue weighted by Crippen LogP contribution is -2.48.